The summed E-state index contributed by atoms with van der Waals surface area (Å²) in [7, 11) is 0. The van der Waals surface area contributed by atoms with Gasteiger partial charge in [-0.2, -0.15) is 0 Å². The van der Waals surface area contributed by atoms with E-state index in [1.165, 1.54) is 0 Å². The van der Waals surface area contributed by atoms with Gasteiger partial charge in [-0.25, -0.2) is 0 Å². The van der Waals surface area contributed by atoms with Gasteiger partial charge in [-0.05, 0) is 192 Å². The third kappa shape index (κ3) is 11.4. The molecule has 1 atom stereocenters. The van der Waals surface area contributed by atoms with Crippen LogP contribution < -0.4 is 24.0 Å². The van der Waals surface area contributed by atoms with Gasteiger partial charge in [0.1, 0.15) is 34.2 Å². The molecule has 7 rings (SSSR count). The standard InChI is InChI=1S/C57H60N2O4/c1-7-10-42-57(6,9-3)63-54-39-31-50(32-40-54)59(46-19-15-12-16-20-46)48-27-25-47(26-28-48)58(45-17-13-11-14-18-45)49-29-37-52(38-30-49)61-51-33-21-43(22-34-51)55(60)44-23-35-53(36-24-44)62-56(4,5)41-8-2/h11-40H,7-10,41-42H2,1-6H3. The summed E-state index contributed by atoms with van der Waals surface area (Å²) >= 11 is 0. The summed E-state index contributed by atoms with van der Waals surface area (Å²) in [5.41, 5.74) is 6.96. The van der Waals surface area contributed by atoms with E-state index >= 15 is 0 Å². The number of hydrogen-bond acceptors (Lipinski definition) is 6. The van der Waals surface area contributed by atoms with Crippen molar-refractivity contribution in [2.75, 3.05) is 9.80 Å². The molecule has 322 valence electrons. The zero-order chi connectivity index (χ0) is 44.2. The van der Waals surface area contributed by atoms with Crippen LogP contribution in [0.15, 0.2) is 182 Å². The number of ketones is 1. The van der Waals surface area contributed by atoms with Crippen molar-refractivity contribution in [3.8, 4) is 23.0 Å². The zero-order valence-electron chi connectivity index (χ0n) is 37.6. The Morgan fingerprint density at radius 1 is 0.429 bits per heavy atom. The summed E-state index contributed by atoms with van der Waals surface area (Å²) in [6.45, 7) is 13.0. The molecule has 7 aromatic carbocycles. The average Bonchev–Trinajstić information content (AvgIpc) is 3.31. The Hall–Kier alpha value is -6.79. The van der Waals surface area contributed by atoms with E-state index in [9.17, 15) is 4.79 Å². The van der Waals surface area contributed by atoms with Gasteiger partial charge in [0.2, 0.25) is 0 Å². The fourth-order valence-corrected chi connectivity index (χ4v) is 7.88. The summed E-state index contributed by atoms with van der Waals surface area (Å²) in [6, 6.07) is 60.7. The molecular formula is C57H60N2O4. The molecule has 6 heteroatoms. The maximum absolute atomic E-state index is 13.3. The van der Waals surface area contributed by atoms with Crippen molar-refractivity contribution in [1.82, 2.24) is 0 Å². The van der Waals surface area contributed by atoms with Crippen LogP contribution in [0.3, 0.4) is 0 Å². The minimum atomic E-state index is -0.257. The van der Waals surface area contributed by atoms with Gasteiger partial charge < -0.3 is 24.0 Å². The number of carbonyl (C=O) groups is 1. The summed E-state index contributed by atoms with van der Waals surface area (Å²) in [6.07, 6.45) is 6.29. The van der Waals surface area contributed by atoms with E-state index in [2.05, 4.69) is 161 Å². The highest BCUT2D eigenvalue weighted by molar-refractivity contribution is 6.09. The minimum Gasteiger partial charge on any atom is -0.488 e. The van der Waals surface area contributed by atoms with Gasteiger partial charge >= 0.3 is 0 Å². The number of nitrogens with zero attached hydrogens (tertiary/aromatic N) is 2. The summed E-state index contributed by atoms with van der Waals surface area (Å²) in [5, 5.41) is 0. The lowest BCUT2D eigenvalue weighted by molar-refractivity contribution is 0.0724. The molecule has 0 N–H and O–H groups in total. The third-order valence-corrected chi connectivity index (χ3v) is 11.5. The van der Waals surface area contributed by atoms with Crippen LogP contribution in [0.5, 0.6) is 23.0 Å². The van der Waals surface area contributed by atoms with Crippen LogP contribution in [0, 0.1) is 0 Å². The quantitative estimate of drug-likeness (QED) is 0.0713. The van der Waals surface area contributed by atoms with E-state index in [0.717, 1.165) is 84.1 Å². The van der Waals surface area contributed by atoms with Crippen LogP contribution in [-0.4, -0.2) is 17.0 Å². The van der Waals surface area contributed by atoms with Gasteiger partial charge in [-0.3, -0.25) is 4.79 Å². The SMILES string of the molecule is CCCCC(C)(CC)Oc1ccc(N(c2ccccc2)c2ccc(N(c3ccccc3)c3ccc(Oc4ccc(C(=O)c5ccc(OC(C)(C)CCC)cc5)cc4)cc3)cc2)cc1. The number of rotatable bonds is 20. The summed E-state index contributed by atoms with van der Waals surface area (Å²) in [4.78, 5) is 17.8. The lowest BCUT2D eigenvalue weighted by Gasteiger charge is -2.31. The molecule has 63 heavy (non-hydrogen) atoms. The maximum atomic E-state index is 13.3. The van der Waals surface area contributed by atoms with E-state index in [4.69, 9.17) is 14.2 Å². The molecule has 0 aliphatic rings. The third-order valence-electron chi connectivity index (χ3n) is 11.5. The molecule has 7 aromatic rings. The molecule has 0 amide bonds. The Bertz CT molecular complexity index is 2490. The number of ether oxygens (including phenoxy) is 3. The fourth-order valence-electron chi connectivity index (χ4n) is 7.88. The van der Waals surface area contributed by atoms with Gasteiger partial charge in [0, 0.05) is 45.3 Å². The Balaban J connectivity index is 1.07. The van der Waals surface area contributed by atoms with Gasteiger partial charge in [-0.15, -0.1) is 0 Å². The first kappa shape index (κ1) is 44.3. The molecular weight excluding hydrogens is 777 g/mol. The summed E-state index contributed by atoms with van der Waals surface area (Å²) < 4.78 is 19.0. The smallest absolute Gasteiger partial charge is 0.193 e. The van der Waals surface area contributed by atoms with E-state index in [1.54, 1.807) is 12.1 Å². The van der Waals surface area contributed by atoms with E-state index < -0.39 is 0 Å². The van der Waals surface area contributed by atoms with Crippen molar-refractivity contribution >= 4 is 39.9 Å². The second-order valence-corrected chi connectivity index (χ2v) is 16.9. The van der Waals surface area contributed by atoms with Crippen molar-refractivity contribution in [3.63, 3.8) is 0 Å². The number of unbranched alkanes of at least 4 members (excludes halogenated alkanes) is 1. The first-order valence-corrected chi connectivity index (χ1v) is 22.4. The Morgan fingerprint density at radius 3 is 1.21 bits per heavy atom. The molecule has 0 saturated carbocycles. The van der Waals surface area contributed by atoms with Crippen molar-refractivity contribution < 1.29 is 19.0 Å². The number of anilines is 6. The van der Waals surface area contributed by atoms with Crippen molar-refractivity contribution in [1.29, 1.82) is 0 Å². The Morgan fingerprint density at radius 2 is 0.794 bits per heavy atom. The maximum Gasteiger partial charge on any atom is 0.193 e. The van der Waals surface area contributed by atoms with Gasteiger partial charge in [0.05, 0.1) is 0 Å². The van der Waals surface area contributed by atoms with Crippen LogP contribution in [0.4, 0.5) is 34.1 Å². The predicted octanol–water partition coefficient (Wildman–Crippen LogP) is 16.3. The molecule has 0 bridgehead atoms. The number of hydrogen-bond donors (Lipinski definition) is 0. The topological polar surface area (TPSA) is 51.2 Å². The van der Waals surface area contributed by atoms with E-state index in [1.807, 2.05) is 60.7 Å². The Kier molecular flexibility index (Phi) is 14.3. The normalized spacial score (nSPS) is 12.2. The van der Waals surface area contributed by atoms with E-state index in [0.29, 0.717) is 22.6 Å². The van der Waals surface area contributed by atoms with Crippen LogP contribution in [0.2, 0.25) is 0 Å². The second-order valence-electron chi connectivity index (χ2n) is 16.9. The largest absolute Gasteiger partial charge is 0.488 e. The molecule has 0 saturated heterocycles. The summed E-state index contributed by atoms with van der Waals surface area (Å²) in [5.74, 6) is 2.93. The number of para-hydroxylation sites is 2. The molecule has 0 radical (unpaired) electrons. The van der Waals surface area contributed by atoms with Gasteiger partial charge in [-0.1, -0.05) is 70.0 Å². The van der Waals surface area contributed by atoms with Crippen molar-refractivity contribution in [2.24, 2.45) is 0 Å². The molecule has 0 aliphatic carbocycles. The Labute approximate surface area is 374 Å². The minimum absolute atomic E-state index is 0.0519. The lowest BCUT2D eigenvalue weighted by Crippen LogP contribution is -2.31. The van der Waals surface area contributed by atoms with Crippen LogP contribution in [0.1, 0.15) is 96.0 Å². The van der Waals surface area contributed by atoms with Crippen molar-refractivity contribution in [2.45, 2.75) is 91.3 Å². The van der Waals surface area contributed by atoms with Gasteiger partial charge in [0.15, 0.2) is 5.78 Å². The fraction of sp³-hybridized carbons (Fsp3) is 0.246. The first-order chi connectivity index (χ1) is 30.6. The van der Waals surface area contributed by atoms with E-state index in [-0.39, 0.29) is 17.0 Å². The first-order valence-electron chi connectivity index (χ1n) is 22.4. The highest BCUT2D eigenvalue weighted by Gasteiger charge is 2.24. The molecule has 0 aliphatic heterocycles. The lowest BCUT2D eigenvalue weighted by atomic mass is 9.96. The molecule has 0 fully saturated rings. The zero-order valence-corrected chi connectivity index (χ0v) is 37.6. The average molecular weight is 837 g/mol. The molecule has 0 spiro atoms. The highest BCUT2D eigenvalue weighted by atomic mass is 16.5. The molecule has 0 heterocycles. The molecule has 6 nitrogen and oxygen atoms in total. The second kappa shape index (κ2) is 20.4. The number of carbonyl (C=O) groups excluding carboxylic acids is 1. The van der Waals surface area contributed by atoms with Crippen molar-refractivity contribution in [3.05, 3.63) is 193 Å². The van der Waals surface area contributed by atoms with Crippen LogP contribution in [-0.2, 0) is 0 Å². The highest BCUT2D eigenvalue weighted by Crippen LogP contribution is 2.40. The van der Waals surface area contributed by atoms with Crippen LogP contribution >= 0.6 is 0 Å². The van der Waals surface area contributed by atoms with Gasteiger partial charge in [0.25, 0.3) is 0 Å². The monoisotopic (exact) mass is 836 g/mol. The molecule has 1 unspecified atom stereocenters. The molecule has 0 aromatic heterocycles. The van der Waals surface area contributed by atoms with Crippen LogP contribution in [0.25, 0.3) is 0 Å². The number of benzene rings is 7. The predicted molar refractivity (Wildman–Crippen MR) is 261 cm³/mol.